The topological polar surface area (TPSA) is 114 Å². The number of aromatic nitrogens is 6. The van der Waals surface area contributed by atoms with E-state index in [0.29, 0.717) is 17.5 Å². The van der Waals surface area contributed by atoms with Gasteiger partial charge in [-0.3, -0.25) is 5.10 Å². The second-order valence-corrected chi connectivity index (χ2v) is 5.81. The number of hydrogen-bond donors (Lipinski definition) is 3. The van der Waals surface area contributed by atoms with Gasteiger partial charge in [-0.1, -0.05) is 23.2 Å². The van der Waals surface area contributed by atoms with Crippen molar-refractivity contribution in [2.24, 2.45) is 0 Å². The zero-order chi connectivity index (χ0) is 18.7. The van der Waals surface area contributed by atoms with Crippen LogP contribution in [0.15, 0.2) is 18.5 Å². The third-order valence-corrected chi connectivity index (χ3v) is 3.93. The van der Waals surface area contributed by atoms with Crippen LogP contribution in [0.3, 0.4) is 0 Å². The van der Waals surface area contributed by atoms with Crippen LogP contribution in [0.5, 0.6) is 5.88 Å². The van der Waals surface area contributed by atoms with E-state index in [1.54, 1.807) is 13.0 Å². The first-order valence-electron chi connectivity index (χ1n) is 7.29. The Morgan fingerprint density at radius 3 is 2.62 bits per heavy atom. The van der Waals surface area contributed by atoms with Crippen LogP contribution >= 0.6 is 23.2 Å². The molecule has 1 atom stereocenters. The van der Waals surface area contributed by atoms with Gasteiger partial charge in [0.2, 0.25) is 11.8 Å². The van der Waals surface area contributed by atoms with E-state index < -0.39 is 11.9 Å². The van der Waals surface area contributed by atoms with Crippen LogP contribution in [0.2, 0.25) is 10.2 Å². The average Bonchev–Trinajstić information content (AvgIpc) is 3.07. The summed E-state index contributed by atoms with van der Waals surface area (Å²) in [6.45, 7) is 1.77. The first kappa shape index (κ1) is 18.1. The number of rotatable bonds is 6. The van der Waals surface area contributed by atoms with Gasteiger partial charge in [0.15, 0.2) is 16.8 Å². The molecule has 0 aliphatic carbocycles. The SMILES string of the molecule is COc1cc(Nc2nc(N[C@@H](C)c3ncc(F)cn3)nc(Cl)c2Cl)[nH]n1. The highest BCUT2D eigenvalue weighted by Crippen LogP contribution is 2.31. The summed E-state index contributed by atoms with van der Waals surface area (Å²) < 4.78 is 17.9. The lowest BCUT2D eigenvalue weighted by atomic mass is 10.3. The molecule has 0 amide bonds. The molecule has 3 aromatic rings. The van der Waals surface area contributed by atoms with E-state index in [2.05, 4.69) is 40.8 Å². The maximum absolute atomic E-state index is 12.9. The molecule has 136 valence electrons. The van der Waals surface area contributed by atoms with E-state index in [1.165, 1.54) is 7.11 Å². The van der Waals surface area contributed by atoms with Gasteiger partial charge in [-0.05, 0) is 6.92 Å². The van der Waals surface area contributed by atoms with E-state index in [4.69, 9.17) is 27.9 Å². The largest absolute Gasteiger partial charge is 0.480 e. The monoisotopic (exact) mass is 398 g/mol. The van der Waals surface area contributed by atoms with Gasteiger partial charge in [0.1, 0.15) is 16.7 Å². The summed E-state index contributed by atoms with van der Waals surface area (Å²) in [5, 5.41) is 12.7. The molecular formula is C14H13Cl2FN8O. The molecule has 12 heteroatoms. The molecule has 0 spiro atoms. The average molecular weight is 399 g/mol. The van der Waals surface area contributed by atoms with Gasteiger partial charge >= 0.3 is 0 Å². The molecule has 0 aromatic carbocycles. The molecule has 0 bridgehead atoms. The fourth-order valence-electron chi connectivity index (χ4n) is 1.97. The number of halogens is 3. The highest BCUT2D eigenvalue weighted by Gasteiger charge is 2.16. The molecular weight excluding hydrogens is 386 g/mol. The lowest BCUT2D eigenvalue weighted by Crippen LogP contribution is -2.13. The Hall–Kier alpha value is -2.72. The van der Waals surface area contributed by atoms with Gasteiger partial charge in [0.05, 0.1) is 25.5 Å². The van der Waals surface area contributed by atoms with Gasteiger partial charge in [-0.2, -0.15) is 9.97 Å². The molecule has 26 heavy (non-hydrogen) atoms. The Labute approximate surface area is 157 Å². The quantitative estimate of drug-likeness (QED) is 0.541. The third kappa shape index (κ3) is 4.09. The Bertz CT molecular complexity index is 904. The molecule has 3 heterocycles. The van der Waals surface area contributed by atoms with Gasteiger partial charge in [0.25, 0.3) is 0 Å². The molecule has 0 unspecified atom stereocenters. The van der Waals surface area contributed by atoms with Crippen molar-refractivity contribution in [3.8, 4) is 5.88 Å². The zero-order valence-corrected chi connectivity index (χ0v) is 15.1. The maximum Gasteiger partial charge on any atom is 0.234 e. The first-order chi connectivity index (χ1) is 12.5. The lowest BCUT2D eigenvalue weighted by molar-refractivity contribution is 0.397. The van der Waals surface area contributed by atoms with Crippen molar-refractivity contribution in [2.45, 2.75) is 13.0 Å². The Morgan fingerprint density at radius 1 is 1.23 bits per heavy atom. The van der Waals surface area contributed by atoms with E-state index in [1.807, 2.05) is 0 Å². The minimum atomic E-state index is -0.520. The highest BCUT2D eigenvalue weighted by molar-refractivity contribution is 6.42. The summed E-state index contributed by atoms with van der Waals surface area (Å²) in [6.07, 6.45) is 2.16. The van der Waals surface area contributed by atoms with Gasteiger partial charge < -0.3 is 15.4 Å². The van der Waals surface area contributed by atoms with Crippen LogP contribution in [0.1, 0.15) is 18.8 Å². The van der Waals surface area contributed by atoms with Crippen LogP contribution in [-0.2, 0) is 0 Å². The molecule has 0 fully saturated rings. The molecule has 3 aromatic heterocycles. The van der Waals surface area contributed by atoms with Crippen molar-refractivity contribution in [2.75, 3.05) is 17.7 Å². The lowest BCUT2D eigenvalue weighted by Gasteiger charge is -2.14. The van der Waals surface area contributed by atoms with E-state index >= 15 is 0 Å². The molecule has 3 N–H and O–H groups in total. The van der Waals surface area contributed by atoms with Crippen molar-refractivity contribution in [3.05, 3.63) is 40.3 Å². The highest BCUT2D eigenvalue weighted by atomic mass is 35.5. The van der Waals surface area contributed by atoms with Crippen molar-refractivity contribution in [1.29, 1.82) is 0 Å². The van der Waals surface area contributed by atoms with Crippen LogP contribution in [0.4, 0.5) is 22.0 Å². The number of aromatic amines is 1. The Balaban J connectivity index is 1.81. The minimum absolute atomic E-state index is 0.0466. The molecule has 0 aliphatic heterocycles. The van der Waals surface area contributed by atoms with Crippen LogP contribution < -0.4 is 15.4 Å². The van der Waals surface area contributed by atoms with Crippen LogP contribution in [0, 0.1) is 5.82 Å². The summed E-state index contributed by atoms with van der Waals surface area (Å²) in [5.41, 5.74) is 0. The summed E-state index contributed by atoms with van der Waals surface area (Å²) >= 11 is 12.2. The van der Waals surface area contributed by atoms with Crippen molar-refractivity contribution >= 4 is 40.8 Å². The van der Waals surface area contributed by atoms with Crippen molar-refractivity contribution in [1.82, 2.24) is 30.1 Å². The maximum atomic E-state index is 12.9. The van der Waals surface area contributed by atoms with Crippen LogP contribution in [0.25, 0.3) is 0 Å². The minimum Gasteiger partial charge on any atom is -0.480 e. The zero-order valence-electron chi connectivity index (χ0n) is 13.6. The number of nitrogens with one attached hydrogen (secondary N) is 3. The molecule has 0 aliphatic rings. The van der Waals surface area contributed by atoms with E-state index in [9.17, 15) is 4.39 Å². The number of nitrogens with zero attached hydrogens (tertiary/aromatic N) is 5. The second-order valence-electron chi connectivity index (χ2n) is 5.08. The standard InChI is InChI=1S/C14H13Cl2FN8O/c1-6(12-18-4-7(17)5-19-12)20-14-22-11(16)10(15)13(23-14)21-8-3-9(26-2)25-24-8/h3-6H,1-2H3,(H3,20,21,22,23,24,25)/t6-/m0/s1. The number of H-pyrrole nitrogens is 1. The van der Waals surface area contributed by atoms with Crippen molar-refractivity contribution < 1.29 is 9.13 Å². The number of ether oxygens (including phenoxy) is 1. The number of hydrogen-bond acceptors (Lipinski definition) is 8. The molecule has 0 saturated carbocycles. The predicted molar refractivity (Wildman–Crippen MR) is 94.5 cm³/mol. The van der Waals surface area contributed by atoms with Crippen molar-refractivity contribution in [3.63, 3.8) is 0 Å². The molecule has 0 saturated heterocycles. The fraction of sp³-hybridized carbons (Fsp3) is 0.214. The summed E-state index contributed by atoms with van der Waals surface area (Å²) in [7, 11) is 1.50. The first-order valence-corrected chi connectivity index (χ1v) is 8.05. The Kier molecular flexibility index (Phi) is 5.33. The van der Waals surface area contributed by atoms with Gasteiger partial charge in [0, 0.05) is 6.07 Å². The van der Waals surface area contributed by atoms with E-state index in [-0.39, 0.29) is 21.9 Å². The normalized spacial score (nSPS) is 11.9. The van der Waals surface area contributed by atoms with E-state index in [0.717, 1.165) is 12.4 Å². The molecule has 9 nitrogen and oxygen atoms in total. The number of anilines is 3. The second kappa shape index (κ2) is 7.67. The summed E-state index contributed by atoms with van der Waals surface area (Å²) in [6, 6.07) is 1.22. The fourth-order valence-corrected chi connectivity index (χ4v) is 2.27. The Morgan fingerprint density at radius 2 is 1.96 bits per heavy atom. The third-order valence-electron chi connectivity index (χ3n) is 3.20. The van der Waals surface area contributed by atoms with Gasteiger partial charge in [-0.15, -0.1) is 5.10 Å². The predicted octanol–water partition coefficient (Wildman–Crippen LogP) is 3.36. The van der Waals surface area contributed by atoms with Crippen LogP contribution in [-0.4, -0.2) is 37.2 Å². The molecule has 0 radical (unpaired) electrons. The summed E-state index contributed by atoms with van der Waals surface area (Å²) in [4.78, 5) is 16.2. The smallest absolute Gasteiger partial charge is 0.234 e. The molecule has 3 rings (SSSR count). The summed E-state index contributed by atoms with van der Waals surface area (Å²) in [5.74, 6) is 1.19. The van der Waals surface area contributed by atoms with Gasteiger partial charge in [-0.25, -0.2) is 14.4 Å². The number of methoxy groups -OCH3 is 1.